The van der Waals surface area contributed by atoms with Crippen LogP contribution in [0.25, 0.3) is 0 Å². The number of carbonyl (C=O) groups excluding carboxylic acids is 1. The Bertz CT molecular complexity index is 467. The SMILES string of the molecule is CC(C)(C)OC(=O)n1cc(O[B]O)c(C(F)(F)F)n1. The van der Waals surface area contributed by atoms with E-state index in [1.165, 1.54) is 0 Å². The maximum atomic E-state index is 12.6. The first-order valence-electron chi connectivity index (χ1n) is 5.07. The number of alkyl halides is 3. The Labute approximate surface area is 107 Å². The van der Waals surface area contributed by atoms with Crippen LogP contribution in [0.5, 0.6) is 5.75 Å². The lowest BCUT2D eigenvalue weighted by atomic mass is 10.2. The third-order valence-corrected chi connectivity index (χ3v) is 1.71. The molecule has 1 heterocycles. The molecule has 0 spiro atoms. The van der Waals surface area contributed by atoms with Crippen LogP contribution in [0.3, 0.4) is 0 Å². The fourth-order valence-corrected chi connectivity index (χ4v) is 1.10. The normalized spacial score (nSPS) is 12.2. The molecule has 19 heavy (non-hydrogen) atoms. The summed E-state index contributed by atoms with van der Waals surface area (Å²) in [6, 6.07) is 0. The summed E-state index contributed by atoms with van der Waals surface area (Å²) in [6.45, 7) is 4.66. The fourth-order valence-electron chi connectivity index (χ4n) is 1.10. The van der Waals surface area contributed by atoms with Crippen LogP contribution in [0.4, 0.5) is 18.0 Å². The van der Waals surface area contributed by atoms with Gasteiger partial charge in [0.25, 0.3) is 0 Å². The average Bonchev–Trinajstić information content (AvgIpc) is 2.59. The highest BCUT2D eigenvalue weighted by atomic mass is 19.4. The van der Waals surface area contributed by atoms with Crippen LogP contribution >= 0.6 is 0 Å². The molecule has 1 aromatic rings. The number of rotatable bonds is 2. The van der Waals surface area contributed by atoms with Gasteiger partial charge in [-0.1, -0.05) is 0 Å². The van der Waals surface area contributed by atoms with Crippen LogP contribution in [0.15, 0.2) is 6.20 Å². The van der Waals surface area contributed by atoms with Crippen molar-refractivity contribution < 1.29 is 32.4 Å². The van der Waals surface area contributed by atoms with Gasteiger partial charge >= 0.3 is 20.0 Å². The maximum absolute atomic E-state index is 12.6. The zero-order chi connectivity index (χ0) is 14.8. The number of hydrogen-bond acceptors (Lipinski definition) is 5. The minimum Gasteiger partial charge on any atom is -0.535 e. The number of aromatic nitrogens is 2. The summed E-state index contributed by atoms with van der Waals surface area (Å²) in [5, 5.41) is 11.4. The molecular formula is C9H11BF3N2O4. The molecule has 0 aliphatic carbocycles. The molecule has 0 fully saturated rings. The lowest BCUT2D eigenvalue weighted by molar-refractivity contribution is -0.142. The summed E-state index contributed by atoms with van der Waals surface area (Å²) in [5.41, 5.74) is -2.32. The van der Waals surface area contributed by atoms with Gasteiger partial charge in [-0.3, -0.25) is 0 Å². The van der Waals surface area contributed by atoms with E-state index in [1.54, 1.807) is 20.8 Å². The van der Waals surface area contributed by atoms with Crippen molar-refractivity contribution in [1.82, 2.24) is 9.78 Å². The number of carbonyl (C=O) groups is 1. The van der Waals surface area contributed by atoms with E-state index in [0.29, 0.717) is 10.9 Å². The van der Waals surface area contributed by atoms with E-state index in [4.69, 9.17) is 9.76 Å². The van der Waals surface area contributed by atoms with Gasteiger partial charge in [0.2, 0.25) is 5.69 Å². The Kier molecular flexibility index (Phi) is 4.13. The van der Waals surface area contributed by atoms with Crippen LogP contribution in [-0.4, -0.2) is 34.2 Å². The first-order chi connectivity index (χ1) is 8.54. The minimum atomic E-state index is -4.83. The molecule has 0 aliphatic rings. The second-order valence-electron chi connectivity index (χ2n) is 4.49. The molecule has 1 N–H and O–H groups in total. The summed E-state index contributed by atoms with van der Waals surface area (Å²) in [5.74, 6) is -0.805. The van der Waals surface area contributed by atoms with Gasteiger partial charge in [-0.2, -0.15) is 23.0 Å². The molecule has 0 bridgehead atoms. The number of halogens is 3. The van der Waals surface area contributed by atoms with Crippen LogP contribution in [0.2, 0.25) is 0 Å². The number of nitrogens with zero attached hydrogens (tertiary/aromatic N) is 2. The van der Waals surface area contributed by atoms with Crippen LogP contribution < -0.4 is 4.65 Å². The third-order valence-electron chi connectivity index (χ3n) is 1.71. The van der Waals surface area contributed by atoms with Gasteiger partial charge in [0.15, 0.2) is 5.75 Å². The van der Waals surface area contributed by atoms with Crippen LogP contribution in [0.1, 0.15) is 26.5 Å². The van der Waals surface area contributed by atoms with E-state index in [0.717, 1.165) is 0 Å². The molecule has 0 unspecified atom stereocenters. The van der Waals surface area contributed by atoms with Crippen molar-refractivity contribution in [3.8, 4) is 5.75 Å². The molecule has 0 atom stereocenters. The Hall–Kier alpha value is -1.71. The minimum absolute atomic E-state index is 0.0612. The predicted molar refractivity (Wildman–Crippen MR) is 57.5 cm³/mol. The van der Waals surface area contributed by atoms with Gasteiger partial charge in [-0.25, -0.2) is 4.79 Å². The van der Waals surface area contributed by atoms with Gasteiger partial charge in [-0.15, -0.1) is 0 Å². The summed E-state index contributed by atoms with van der Waals surface area (Å²) in [7, 11) is 0.0612. The van der Waals surface area contributed by atoms with E-state index < -0.39 is 29.3 Å². The van der Waals surface area contributed by atoms with Gasteiger partial charge in [0.05, 0.1) is 6.20 Å². The molecule has 0 saturated carbocycles. The van der Waals surface area contributed by atoms with Gasteiger partial charge in [0, 0.05) is 0 Å². The van der Waals surface area contributed by atoms with E-state index in [1.807, 2.05) is 0 Å². The van der Waals surface area contributed by atoms with Gasteiger partial charge in [-0.05, 0) is 20.8 Å². The monoisotopic (exact) mass is 279 g/mol. The lowest BCUT2D eigenvalue weighted by Gasteiger charge is -2.18. The van der Waals surface area contributed by atoms with E-state index >= 15 is 0 Å². The Morgan fingerprint density at radius 3 is 2.42 bits per heavy atom. The molecule has 10 heteroatoms. The van der Waals surface area contributed by atoms with Gasteiger partial charge in [0.1, 0.15) is 5.60 Å². The van der Waals surface area contributed by atoms with Crippen LogP contribution in [0, 0.1) is 0 Å². The Morgan fingerprint density at radius 2 is 2.00 bits per heavy atom. The van der Waals surface area contributed by atoms with E-state index in [2.05, 4.69) is 9.75 Å². The molecule has 0 aromatic carbocycles. The van der Waals surface area contributed by atoms with Crippen molar-refractivity contribution in [1.29, 1.82) is 0 Å². The number of hydrogen-bond donors (Lipinski definition) is 1. The molecule has 0 saturated heterocycles. The second-order valence-corrected chi connectivity index (χ2v) is 4.49. The van der Waals surface area contributed by atoms with Gasteiger partial charge < -0.3 is 14.4 Å². The van der Waals surface area contributed by atoms with Crippen molar-refractivity contribution in [2.75, 3.05) is 0 Å². The molecule has 1 aromatic heterocycles. The zero-order valence-corrected chi connectivity index (χ0v) is 10.4. The summed E-state index contributed by atoms with van der Waals surface area (Å²) >= 11 is 0. The average molecular weight is 279 g/mol. The molecule has 0 aliphatic heterocycles. The van der Waals surface area contributed by atoms with Crippen molar-refractivity contribution in [3.05, 3.63) is 11.9 Å². The fraction of sp³-hybridized carbons (Fsp3) is 0.556. The smallest absolute Gasteiger partial charge is 0.535 e. The predicted octanol–water partition coefficient (Wildman–Crippen LogP) is 1.59. The van der Waals surface area contributed by atoms with Crippen molar-refractivity contribution >= 4 is 13.8 Å². The summed E-state index contributed by atoms with van der Waals surface area (Å²) < 4.78 is 47.2. The molecule has 1 rings (SSSR count). The molecule has 1 radical (unpaired) electrons. The zero-order valence-electron chi connectivity index (χ0n) is 10.4. The first-order valence-corrected chi connectivity index (χ1v) is 5.07. The Balaban J connectivity index is 3.08. The van der Waals surface area contributed by atoms with E-state index in [-0.39, 0.29) is 7.69 Å². The molecule has 0 amide bonds. The van der Waals surface area contributed by atoms with Crippen molar-refractivity contribution in [2.45, 2.75) is 32.5 Å². The number of ether oxygens (including phenoxy) is 1. The van der Waals surface area contributed by atoms with Crippen molar-refractivity contribution in [2.24, 2.45) is 0 Å². The summed E-state index contributed by atoms with van der Waals surface area (Å²) in [6.07, 6.45) is -5.25. The standard InChI is InChI=1S/C9H11BF3N2O4/c1-8(2,3)18-7(16)15-4-5(19-10-17)6(14-15)9(11,12)13/h4,17H,1-3H3. The first kappa shape index (κ1) is 15.4. The molecule has 6 nitrogen and oxygen atoms in total. The van der Waals surface area contributed by atoms with Crippen molar-refractivity contribution in [3.63, 3.8) is 0 Å². The highest BCUT2D eigenvalue weighted by Gasteiger charge is 2.39. The maximum Gasteiger partial charge on any atom is 0.569 e. The quantitative estimate of drug-likeness (QED) is 0.832. The van der Waals surface area contributed by atoms with E-state index in [9.17, 15) is 18.0 Å². The summed E-state index contributed by atoms with van der Waals surface area (Å²) in [4.78, 5) is 11.5. The Morgan fingerprint density at radius 1 is 1.42 bits per heavy atom. The highest BCUT2D eigenvalue weighted by molar-refractivity contribution is 6.17. The third kappa shape index (κ3) is 4.16. The van der Waals surface area contributed by atoms with Crippen LogP contribution in [-0.2, 0) is 10.9 Å². The second kappa shape index (κ2) is 5.12. The lowest BCUT2D eigenvalue weighted by Crippen LogP contribution is -2.27. The largest absolute Gasteiger partial charge is 0.569 e. The topological polar surface area (TPSA) is 73.6 Å². The molecule has 105 valence electrons. The molecular weight excluding hydrogens is 268 g/mol. The highest BCUT2D eigenvalue weighted by Crippen LogP contribution is 2.34.